The van der Waals surface area contributed by atoms with Crippen LogP contribution >= 0.6 is 24.0 Å². The lowest BCUT2D eigenvalue weighted by Crippen LogP contribution is -2.42. The molecule has 0 unspecified atom stereocenters. The first-order valence-electron chi connectivity index (χ1n) is 10.9. The van der Waals surface area contributed by atoms with Gasteiger partial charge in [0.05, 0.1) is 24.9 Å². The van der Waals surface area contributed by atoms with E-state index in [1.54, 1.807) is 11.8 Å². The minimum atomic E-state index is -0.0610. The zero-order valence-corrected chi connectivity index (χ0v) is 19.4. The van der Waals surface area contributed by atoms with Gasteiger partial charge < -0.3 is 19.4 Å². The standard InChI is InChI=1S/C24H26N4O2S2/c31-24-26-22(19-8-4-5-11-25-19)23(28(24)13-12-27-14-16-29-17-15-27)20-9-10-21(30-20)32-18-6-2-1-3-7-18/h1-11,22-23H,12-17H2,(H,26,31)/t22-,23+/m1/s1. The van der Waals surface area contributed by atoms with E-state index >= 15 is 0 Å². The third kappa shape index (κ3) is 4.83. The summed E-state index contributed by atoms with van der Waals surface area (Å²) in [7, 11) is 0. The number of ether oxygens (including phenoxy) is 1. The van der Waals surface area contributed by atoms with Crippen molar-refractivity contribution in [2.45, 2.75) is 22.1 Å². The van der Waals surface area contributed by atoms with Crippen molar-refractivity contribution in [2.24, 2.45) is 0 Å². The number of pyridine rings is 1. The molecular weight excluding hydrogens is 440 g/mol. The Bertz CT molecular complexity index is 1020. The lowest BCUT2D eigenvalue weighted by atomic mass is 10.0. The van der Waals surface area contributed by atoms with Crippen molar-refractivity contribution in [3.8, 4) is 0 Å². The summed E-state index contributed by atoms with van der Waals surface area (Å²) in [4.78, 5) is 10.4. The van der Waals surface area contributed by atoms with Gasteiger partial charge in [-0.1, -0.05) is 36.0 Å². The first kappa shape index (κ1) is 21.5. The Morgan fingerprint density at radius 2 is 1.81 bits per heavy atom. The van der Waals surface area contributed by atoms with E-state index in [-0.39, 0.29) is 12.1 Å². The van der Waals surface area contributed by atoms with Crippen LogP contribution in [-0.2, 0) is 4.74 Å². The van der Waals surface area contributed by atoms with Gasteiger partial charge in [-0.3, -0.25) is 9.88 Å². The summed E-state index contributed by atoms with van der Waals surface area (Å²) >= 11 is 7.40. The van der Waals surface area contributed by atoms with Crippen LogP contribution in [0, 0.1) is 0 Å². The van der Waals surface area contributed by atoms with Gasteiger partial charge in [0, 0.05) is 37.3 Å². The van der Waals surface area contributed by atoms with Crippen molar-refractivity contribution in [1.29, 1.82) is 0 Å². The number of rotatable bonds is 7. The van der Waals surface area contributed by atoms with Crippen LogP contribution in [0.2, 0.25) is 0 Å². The zero-order valence-electron chi connectivity index (χ0n) is 17.7. The lowest BCUT2D eigenvalue weighted by Gasteiger charge is -2.31. The second kappa shape index (κ2) is 10.0. The summed E-state index contributed by atoms with van der Waals surface area (Å²) < 4.78 is 11.8. The van der Waals surface area contributed by atoms with E-state index in [0.717, 1.165) is 65.9 Å². The number of nitrogens with one attached hydrogen (secondary N) is 1. The second-order valence-corrected chi connectivity index (χ2v) is 9.31. The molecule has 2 aliphatic rings. The van der Waals surface area contributed by atoms with Crippen LogP contribution in [0.15, 0.2) is 81.3 Å². The van der Waals surface area contributed by atoms with Crippen LogP contribution in [0.3, 0.4) is 0 Å². The van der Waals surface area contributed by atoms with Crippen molar-refractivity contribution >= 4 is 29.1 Å². The first-order chi connectivity index (χ1) is 15.8. The lowest BCUT2D eigenvalue weighted by molar-refractivity contribution is 0.0347. The normalized spacial score (nSPS) is 21.6. The molecule has 2 aromatic heterocycles. The molecule has 1 N–H and O–H groups in total. The van der Waals surface area contributed by atoms with Crippen LogP contribution in [0.1, 0.15) is 23.5 Å². The van der Waals surface area contributed by atoms with Crippen LogP contribution in [-0.4, -0.2) is 59.3 Å². The van der Waals surface area contributed by atoms with E-state index in [9.17, 15) is 0 Å². The molecular formula is C24H26N4O2S2. The summed E-state index contributed by atoms with van der Waals surface area (Å²) in [6.07, 6.45) is 1.83. The molecule has 4 heterocycles. The molecule has 8 heteroatoms. The summed E-state index contributed by atoms with van der Waals surface area (Å²) in [5.41, 5.74) is 0.961. The molecule has 6 nitrogen and oxygen atoms in total. The predicted molar refractivity (Wildman–Crippen MR) is 129 cm³/mol. The number of furan rings is 1. The van der Waals surface area contributed by atoms with Gasteiger partial charge in [0.25, 0.3) is 0 Å². The molecule has 0 aliphatic carbocycles. The molecule has 32 heavy (non-hydrogen) atoms. The highest BCUT2D eigenvalue weighted by Crippen LogP contribution is 2.41. The molecule has 1 aromatic carbocycles. The van der Waals surface area contributed by atoms with Gasteiger partial charge in [0.1, 0.15) is 11.8 Å². The predicted octanol–water partition coefficient (Wildman–Crippen LogP) is 4.13. The Hall–Kier alpha value is -2.39. The molecule has 2 fully saturated rings. The molecule has 5 rings (SSSR count). The van der Waals surface area contributed by atoms with Gasteiger partial charge >= 0.3 is 0 Å². The van der Waals surface area contributed by atoms with Crippen molar-refractivity contribution in [1.82, 2.24) is 20.1 Å². The Morgan fingerprint density at radius 1 is 1.00 bits per heavy atom. The van der Waals surface area contributed by atoms with Crippen molar-refractivity contribution < 1.29 is 9.15 Å². The smallest absolute Gasteiger partial charge is 0.170 e. The Morgan fingerprint density at radius 3 is 2.59 bits per heavy atom. The van der Waals surface area contributed by atoms with Crippen molar-refractivity contribution in [2.75, 3.05) is 39.4 Å². The fourth-order valence-electron chi connectivity index (χ4n) is 4.18. The van der Waals surface area contributed by atoms with Gasteiger partial charge in [0.2, 0.25) is 0 Å². The monoisotopic (exact) mass is 466 g/mol. The molecule has 2 aliphatic heterocycles. The van der Waals surface area contributed by atoms with Crippen LogP contribution < -0.4 is 5.32 Å². The molecule has 3 aromatic rings. The van der Waals surface area contributed by atoms with Crippen LogP contribution in [0.4, 0.5) is 0 Å². The average Bonchev–Trinajstić information content (AvgIpc) is 3.43. The van der Waals surface area contributed by atoms with E-state index in [2.05, 4.69) is 38.3 Å². The molecule has 0 amide bonds. The van der Waals surface area contributed by atoms with E-state index in [1.165, 1.54) is 0 Å². The third-order valence-corrected chi connectivity index (χ3v) is 7.09. The summed E-state index contributed by atoms with van der Waals surface area (Å²) in [5.74, 6) is 0.897. The van der Waals surface area contributed by atoms with E-state index in [1.807, 2.05) is 48.7 Å². The first-order valence-corrected chi connectivity index (χ1v) is 12.1. The van der Waals surface area contributed by atoms with Gasteiger partial charge in [-0.25, -0.2) is 0 Å². The Labute approximate surface area is 197 Å². The van der Waals surface area contributed by atoms with Gasteiger partial charge in [-0.2, -0.15) is 0 Å². The van der Waals surface area contributed by atoms with Crippen molar-refractivity contribution in [3.05, 3.63) is 78.3 Å². The Kier molecular flexibility index (Phi) is 6.73. The largest absolute Gasteiger partial charge is 0.452 e. The molecule has 166 valence electrons. The fraction of sp³-hybridized carbons (Fsp3) is 0.333. The highest BCUT2D eigenvalue weighted by atomic mass is 32.2. The number of hydrogen-bond acceptors (Lipinski definition) is 6. The number of morpholine rings is 1. The van der Waals surface area contributed by atoms with E-state index < -0.39 is 0 Å². The van der Waals surface area contributed by atoms with E-state index in [4.69, 9.17) is 21.4 Å². The van der Waals surface area contributed by atoms with Crippen molar-refractivity contribution in [3.63, 3.8) is 0 Å². The number of hydrogen-bond donors (Lipinski definition) is 1. The highest BCUT2D eigenvalue weighted by molar-refractivity contribution is 7.99. The third-order valence-electron chi connectivity index (χ3n) is 5.81. The molecule has 2 saturated heterocycles. The molecule has 0 radical (unpaired) electrons. The van der Waals surface area contributed by atoms with Crippen LogP contribution in [0.5, 0.6) is 0 Å². The zero-order chi connectivity index (χ0) is 21.8. The molecule has 0 bridgehead atoms. The quantitative estimate of drug-likeness (QED) is 0.522. The van der Waals surface area contributed by atoms with Gasteiger partial charge in [-0.15, -0.1) is 0 Å². The molecule has 0 saturated carbocycles. The maximum absolute atomic E-state index is 6.35. The highest BCUT2D eigenvalue weighted by Gasteiger charge is 2.41. The maximum Gasteiger partial charge on any atom is 0.170 e. The topological polar surface area (TPSA) is 53.8 Å². The summed E-state index contributed by atoms with van der Waals surface area (Å²) in [5, 5.41) is 5.12. The number of benzene rings is 1. The van der Waals surface area contributed by atoms with Crippen LogP contribution in [0.25, 0.3) is 0 Å². The van der Waals surface area contributed by atoms with Gasteiger partial charge in [0.15, 0.2) is 10.2 Å². The average molecular weight is 467 g/mol. The molecule has 0 spiro atoms. The summed E-state index contributed by atoms with van der Waals surface area (Å²) in [6.45, 7) is 5.26. The van der Waals surface area contributed by atoms with E-state index in [0.29, 0.717) is 0 Å². The molecule has 2 atom stereocenters. The maximum atomic E-state index is 6.35. The summed E-state index contributed by atoms with van der Waals surface area (Å²) in [6, 6.07) is 20.3. The number of nitrogens with zero attached hydrogens (tertiary/aromatic N) is 3. The minimum absolute atomic E-state index is 0.0523. The fourth-order valence-corrected chi connectivity index (χ4v) is 5.31. The van der Waals surface area contributed by atoms with Gasteiger partial charge in [-0.05, 0) is 48.6 Å². The SMILES string of the molecule is S=C1N[C@H](c2ccccn2)[C@H](c2ccc(Sc3ccccc3)o2)N1CCN1CCOCC1. The second-order valence-electron chi connectivity index (χ2n) is 7.85. The number of thiocarbonyl (C=S) groups is 1. The Balaban J connectivity index is 1.39. The number of aromatic nitrogens is 1. The minimum Gasteiger partial charge on any atom is -0.452 e.